The van der Waals surface area contributed by atoms with Crippen LogP contribution in [0, 0.1) is 0 Å². The number of rotatable bonds is 11. The lowest BCUT2D eigenvalue weighted by Gasteiger charge is -2.22. The number of hydrogen-bond donors (Lipinski definition) is 1. The summed E-state index contributed by atoms with van der Waals surface area (Å²) in [6.07, 6.45) is 3.17. The van der Waals surface area contributed by atoms with Gasteiger partial charge >= 0.3 is 0 Å². The quantitative estimate of drug-likeness (QED) is 0.503. The monoisotopic (exact) mass is 290 g/mol. The van der Waals surface area contributed by atoms with Gasteiger partial charge in [0.05, 0.1) is 6.61 Å². The molecule has 1 N–H and O–H groups in total. The van der Waals surface area contributed by atoms with E-state index in [1.54, 1.807) is 0 Å². The number of benzene rings is 1. The number of anilines is 1. The molecular weight excluding hydrogens is 264 g/mol. The molecular formula is C17H26N2O2. The highest BCUT2D eigenvalue weighted by atomic mass is 16.5. The van der Waals surface area contributed by atoms with Crippen molar-refractivity contribution in [3.05, 3.63) is 43.0 Å². The minimum atomic E-state index is -0.114. The second-order valence-electron chi connectivity index (χ2n) is 4.73. The van der Waals surface area contributed by atoms with Gasteiger partial charge in [-0.2, -0.15) is 0 Å². The molecule has 0 aliphatic heterocycles. The molecule has 0 unspecified atom stereocenters. The Morgan fingerprint density at radius 2 is 2.05 bits per heavy atom. The zero-order chi connectivity index (χ0) is 15.3. The van der Waals surface area contributed by atoms with Crippen LogP contribution >= 0.6 is 0 Å². The molecule has 1 amide bonds. The summed E-state index contributed by atoms with van der Waals surface area (Å²) in [4.78, 5) is 13.2. The first-order chi connectivity index (χ1) is 10.3. The third kappa shape index (κ3) is 7.51. The Balaban J connectivity index is 2.05. The van der Waals surface area contributed by atoms with Gasteiger partial charge in [-0.25, -0.2) is 0 Å². The van der Waals surface area contributed by atoms with Gasteiger partial charge in [-0.15, -0.1) is 0 Å². The van der Waals surface area contributed by atoms with E-state index in [1.165, 1.54) is 11.8 Å². The summed E-state index contributed by atoms with van der Waals surface area (Å²) >= 11 is 0. The van der Waals surface area contributed by atoms with E-state index in [0.717, 1.165) is 39.1 Å². The molecule has 1 rings (SSSR count). The standard InChI is InChI=1S/C17H26N2O2/c1-3-17(20)18-12-8-9-14-21-15-13-19(4-2)16-10-6-5-7-11-16/h3,5-7,10-11H,1,4,8-9,12-15H2,2H3,(H,18,20). The molecule has 0 fully saturated rings. The number of nitrogens with one attached hydrogen (secondary N) is 1. The van der Waals surface area contributed by atoms with Crippen molar-refractivity contribution in [2.45, 2.75) is 19.8 Å². The van der Waals surface area contributed by atoms with Crippen LogP contribution in [0.4, 0.5) is 5.69 Å². The van der Waals surface area contributed by atoms with Gasteiger partial charge in [0.25, 0.3) is 0 Å². The lowest BCUT2D eigenvalue weighted by Crippen LogP contribution is -2.27. The number of carbonyl (C=O) groups is 1. The van der Waals surface area contributed by atoms with E-state index in [4.69, 9.17) is 4.74 Å². The molecule has 0 bridgehead atoms. The zero-order valence-corrected chi connectivity index (χ0v) is 12.9. The van der Waals surface area contributed by atoms with E-state index in [-0.39, 0.29) is 5.91 Å². The van der Waals surface area contributed by atoms with Crippen molar-refractivity contribution >= 4 is 11.6 Å². The number of para-hydroxylation sites is 1. The predicted molar refractivity (Wildman–Crippen MR) is 87.6 cm³/mol. The predicted octanol–water partition coefficient (Wildman–Crippen LogP) is 2.61. The maximum absolute atomic E-state index is 10.9. The Morgan fingerprint density at radius 3 is 2.71 bits per heavy atom. The van der Waals surface area contributed by atoms with Gasteiger partial charge in [0.2, 0.25) is 5.91 Å². The topological polar surface area (TPSA) is 41.6 Å². The first kappa shape index (κ1) is 17.2. The molecule has 0 saturated carbocycles. The van der Waals surface area contributed by atoms with Gasteiger partial charge in [-0.05, 0) is 38.0 Å². The van der Waals surface area contributed by atoms with E-state index in [9.17, 15) is 4.79 Å². The Labute approximate surface area is 127 Å². The molecule has 116 valence electrons. The van der Waals surface area contributed by atoms with Gasteiger partial charge < -0.3 is 15.0 Å². The largest absolute Gasteiger partial charge is 0.380 e. The van der Waals surface area contributed by atoms with E-state index >= 15 is 0 Å². The van der Waals surface area contributed by atoms with Crippen molar-refractivity contribution in [3.8, 4) is 0 Å². The fourth-order valence-electron chi connectivity index (χ4n) is 2.00. The second kappa shape index (κ2) is 10.9. The van der Waals surface area contributed by atoms with Crippen LogP contribution in [-0.2, 0) is 9.53 Å². The highest BCUT2D eigenvalue weighted by molar-refractivity contribution is 5.86. The molecule has 0 spiro atoms. The molecule has 0 saturated heterocycles. The summed E-state index contributed by atoms with van der Waals surface area (Å²) in [6, 6.07) is 10.4. The molecule has 0 aliphatic carbocycles. The van der Waals surface area contributed by atoms with Gasteiger partial charge in [0.1, 0.15) is 0 Å². The SMILES string of the molecule is C=CC(=O)NCCCCOCCN(CC)c1ccccc1. The fourth-order valence-corrected chi connectivity index (χ4v) is 2.00. The number of unbranched alkanes of at least 4 members (excludes halogenated alkanes) is 1. The summed E-state index contributed by atoms with van der Waals surface area (Å²) in [7, 11) is 0. The summed E-state index contributed by atoms with van der Waals surface area (Å²) in [5.41, 5.74) is 1.23. The van der Waals surface area contributed by atoms with Crippen LogP contribution in [-0.4, -0.2) is 38.8 Å². The number of likely N-dealkylation sites (N-methyl/N-ethyl adjacent to an activating group) is 1. The number of nitrogens with zero attached hydrogens (tertiary/aromatic N) is 1. The Kier molecular flexibility index (Phi) is 8.96. The number of ether oxygens (including phenoxy) is 1. The van der Waals surface area contributed by atoms with Crippen LogP contribution in [0.25, 0.3) is 0 Å². The van der Waals surface area contributed by atoms with Gasteiger partial charge in [0, 0.05) is 31.9 Å². The third-order valence-corrected chi connectivity index (χ3v) is 3.21. The third-order valence-electron chi connectivity index (χ3n) is 3.21. The molecule has 21 heavy (non-hydrogen) atoms. The molecule has 0 aliphatic rings. The van der Waals surface area contributed by atoms with Crippen molar-refractivity contribution in [2.75, 3.05) is 37.7 Å². The van der Waals surface area contributed by atoms with Crippen LogP contribution in [0.2, 0.25) is 0 Å². The highest BCUT2D eigenvalue weighted by Crippen LogP contribution is 2.12. The molecule has 0 heterocycles. The molecule has 4 nitrogen and oxygen atoms in total. The van der Waals surface area contributed by atoms with Crippen LogP contribution in [0.1, 0.15) is 19.8 Å². The average Bonchev–Trinajstić information content (AvgIpc) is 2.54. The first-order valence-electron chi connectivity index (χ1n) is 7.56. The van der Waals surface area contributed by atoms with Gasteiger partial charge in [-0.1, -0.05) is 24.8 Å². The van der Waals surface area contributed by atoms with Crippen molar-refractivity contribution in [2.24, 2.45) is 0 Å². The van der Waals surface area contributed by atoms with Gasteiger partial charge in [0.15, 0.2) is 0 Å². The van der Waals surface area contributed by atoms with Crippen molar-refractivity contribution < 1.29 is 9.53 Å². The number of carbonyl (C=O) groups excluding carboxylic acids is 1. The molecule has 0 aromatic heterocycles. The number of hydrogen-bond acceptors (Lipinski definition) is 3. The second-order valence-corrected chi connectivity index (χ2v) is 4.73. The van der Waals surface area contributed by atoms with Crippen molar-refractivity contribution in [3.63, 3.8) is 0 Å². The minimum absolute atomic E-state index is 0.114. The van der Waals surface area contributed by atoms with Crippen LogP contribution in [0.5, 0.6) is 0 Å². The Hall–Kier alpha value is -1.81. The van der Waals surface area contributed by atoms with E-state index in [0.29, 0.717) is 6.54 Å². The average molecular weight is 290 g/mol. The maximum Gasteiger partial charge on any atom is 0.243 e. The van der Waals surface area contributed by atoms with Crippen LogP contribution in [0.15, 0.2) is 43.0 Å². The summed E-state index contributed by atoms with van der Waals surface area (Å²) in [5, 5.41) is 2.75. The highest BCUT2D eigenvalue weighted by Gasteiger charge is 2.02. The zero-order valence-electron chi connectivity index (χ0n) is 12.9. The maximum atomic E-state index is 10.9. The first-order valence-corrected chi connectivity index (χ1v) is 7.56. The smallest absolute Gasteiger partial charge is 0.243 e. The summed E-state index contributed by atoms with van der Waals surface area (Å²) in [5.74, 6) is -0.114. The van der Waals surface area contributed by atoms with E-state index in [2.05, 4.69) is 48.0 Å². The van der Waals surface area contributed by atoms with Crippen molar-refractivity contribution in [1.29, 1.82) is 0 Å². The van der Waals surface area contributed by atoms with Crippen molar-refractivity contribution in [1.82, 2.24) is 5.32 Å². The fraction of sp³-hybridized carbons (Fsp3) is 0.471. The molecule has 4 heteroatoms. The Morgan fingerprint density at radius 1 is 1.29 bits per heavy atom. The lowest BCUT2D eigenvalue weighted by molar-refractivity contribution is -0.116. The van der Waals surface area contributed by atoms with E-state index in [1.807, 2.05) is 6.07 Å². The van der Waals surface area contributed by atoms with E-state index < -0.39 is 0 Å². The summed E-state index contributed by atoms with van der Waals surface area (Å²) in [6.45, 7) is 9.56. The normalized spacial score (nSPS) is 10.1. The lowest BCUT2D eigenvalue weighted by atomic mass is 10.3. The number of amides is 1. The van der Waals surface area contributed by atoms with Crippen LogP contribution in [0.3, 0.4) is 0 Å². The Bertz CT molecular complexity index is 407. The van der Waals surface area contributed by atoms with Gasteiger partial charge in [-0.3, -0.25) is 4.79 Å². The molecule has 1 aromatic rings. The summed E-state index contributed by atoms with van der Waals surface area (Å²) < 4.78 is 5.65. The van der Waals surface area contributed by atoms with Crippen LogP contribution < -0.4 is 10.2 Å². The molecule has 1 aromatic carbocycles. The molecule has 0 atom stereocenters. The molecule has 0 radical (unpaired) electrons. The minimum Gasteiger partial charge on any atom is -0.380 e.